The summed E-state index contributed by atoms with van der Waals surface area (Å²) in [5, 5.41) is 18.6. The van der Waals surface area contributed by atoms with E-state index in [1.165, 1.54) is 17.8 Å². The summed E-state index contributed by atoms with van der Waals surface area (Å²) < 4.78 is 7.14. The molecule has 1 saturated heterocycles. The highest BCUT2D eigenvalue weighted by Crippen LogP contribution is 2.47. The molecule has 0 aromatic carbocycles. The molecule has 0 saturated carbocycles. The van der Waals surface area contributed by atoms with Gasteiger partial charge in [-0.1, -0.05) is 0 Å². The Morgan fingerprint density at radius 1 is 1.62 bits per heavy atom. The third kappa shape index (κ3) is 1.28. The molecule has 0 spiro atoms. The summed E-state index contributed by atoms with van der Waals surface area (Å²) in [5.74, 6) is 0. The average Bonchev–Trinajstić information content (AvgIpc) is 2.75. The first-order valence-corrected chi connectivity index (χ1v) is 5.85. The molecule has 3 rings (SSSR count). The van der Waals surface area contributed by atoms with Crippen molar-refractivity contribution >= 4 is 11.8 Å². The zero-order chi connectivity index (χ0) is 11.3. The Morgan fingerprint density at radius 3 is 3.19 bits per heavy atom. The third-order valence-electron chi connectivity index (χ3n) is 2.81. The van der Waals surface area contributed by atoms with Crippen molar-refractivity contribution in [2.24, 2.45) is 0 Å². The number of ether oxygens (including phenoxy) is 1. The van der Waals surface area contributed by atoms with Crippen LogP contribution < -0.4 is 10.3 Å². The number of hydrogen-bond acceptors (Lipinski definition) is 6. The number of thioether (sulfide) groups is 1. The highest BCUT2D eigenvalue weighted by Gasteiger charge is 2.50. The lowest BCUT2D eigenvalue weighted by molar-refractivity contribution is 0.0437. The van der Waals surface area contributed by atoms with Crippen LogP contribution in [-0.2, 0) is 0 Å². The second kappa shape index (κ2) is 3.47. The Kier molecular flexibility index (Phi) is 2.20. The van der Waals surface area contributed by atoms with Gasteiger partial charge >= 0.3 is 6.01 Å². The first-order chi connectivity index (χ1) is 7.70. The number of aliphatic hydroxyl groups is 2. The normalized spacial score (nSPS) is 35.6. The SMILES string of the molecule is O=c1ccn2c(n1)O[C@@H]1C2S[C@H](CO)[C@H]1O. The van der Waals surface area contributed by atoms with Crippen LogP contribution >= 0.6 is 11.8 Å². The number of aliphatic hydroxyl groups excluding tert-OH is 2. The van der Waals surface area contributed by atoms with Gasteiger partial charge in [0.05, 0.1) is 11.9 Å². The molecule has 86 valence electrons. The molecule has 2 aliphatic rings. The fourth-order valence-corrected chi connectivity index (χ4v) is 3.44. The minimum absolute atomic E-state index is 0.0921. The maximum atomic E-state index is 11.0. The second-order valence-corrected chi connectivity index (χ2v) is 5.14. The Hall–Kier alpha value is -1.05. The zero-order valence-corrected chi connectivity index (χ0v) is 9.00. The minimum Gasteiger partial charge on any atom is -0.455 e. The van der Waals surface area contributed by atoms with Crippen LogP contribution in [0.4, 0.5) is 0 Å². The smallest absolute Gasteiger partial charge is 0.301 e. The lowest BCUT2D eigenvalue weighted by Crippen LogP contribution is -2.34. The van der Waals surface area contributed by atoms with Crippen molar-refractivity contribution in [2.75, 3.05) is 6.61 Å². The van der Waals surface area contributed by atoms with E-state index in [1.807, 2.05) is 0 Å². The summed E-state index contributed by atoms with van der Waals surface area (Å²) >= 11 is 1.43. The van der Waals surface area contributed by atoms with Crippen LogP contribution in [0, 0.1) is 0 Å². The predicted molar refractivity (Wildman–Crippen MR) is 56.4 cm³/mol. The van der Waals surface area contributed by atoms with Crippen molar-refractivity contribution in [2.45, 2.75) is 22.8 Å². The van der Waals surface area contributed by atoms with Gasteiger partial charge in [-0.25, -0.2) is 0 Å². The molecule has 0 aliphatic carbocycles. The summed E-state index contributed by atoms with van der Waals surface area (Å²) in [6, 6.07) is 1.60. The summed E-state index contributed by atoms with van der Waals surface area (Å²) in [7, 11) is 0. The van der Waals surface area contributed by atoms with Crippen LogP contribution in [0.25, 0.3) is 0 Å². The van der Waals surface area contributed by atoms with E-state index < -0.39 is 12.2 Å². The molecule has 1 unspecified atom stereocenters. The van der Waals surface area contributed by atoms with Crippen LogP contribution in [0.2, 0.25) is 0 Å². The predicted octanol–water partition coefficient (Wildman–Crippen LogP) is -1.03. The summed E-state index contributed by atoms with van der Waals surface area (Å²) in [6.07, 6.45) is 0.433. The molecular formula is C9H10N2O4S. The Morgan fingerprint density at radius 2 is 2.44 bits per heavy atom. The van der Waals surface area contributed by atoms with Crippen LogP contribution in [0.5, 0.6) is 6.01 Å². The molecule has 0 radical (unpaired) electrons. The van der Waals surface area contributed by atoms with E-state index in [1.54, 1.807) is 10.8 Å². The molecule has 16 heavy (non-hydrogen) atoms. The molecule has 0 bridgehead atoms. The van der Waals surface area contributed by atoms with E-state index in [0.29, 0.717) is 0 Å². The number of hydrogen-bond donors (Lipinski definition) is 2. The van der Waals surface area contributed by atoms with Crippen molar-refractivity contribution in [3.8, 4) is 6.01 Å². The standard InChI is InChI=1S/C9H10N2O4S/c12-3-4-6(14)7-8(16-4)11-2-1-5(13)10-9(11)15-7/h1-2,4,6-8,12,14H,3H2/t4-,6-,7+,8?/m1/s1. The topological polar surface area (TPSA) is 84.6 Å². The zero-order valence-electron chi connectivity index (χ0n) is 8.18. The van der Waals surface area contributed by atoms with E-state index in [4.69, 9.17) is 9.84 Å². The Bertz CT molecular complexity index is 477. The Labute approximate surface area is 94.9 Å². The fourth-order valence-electron chi connectivity index (χ4n) is 2.02. The quantitative estimate of drug-likeness (QED) is 0.655. The molecule has 2 N–H and O–H groups in total. The van der Waals surface area contributed by atoms with Crippen molar-refractivity contribution in [1.29, 1.82) is 0 Å². The largest absolute Gasteiger partial charge is 0.455 e. The Balaban J connectivity index is 1.99. The second-order valence-electron chi connectivity index (χ2n) is 3.78. The number of rotatable bonds is 1. The summed E-state index contributed by atoms with van der Waals surface area (Å²) in [4.78, 5) is 14.8. The van der Waals surface area contributed by atoms with E-state index in [0.717, 1.165) is 0 Å². The molecule has 7 heteroatoms. The number of aromatic nitrogens is 2. The molecule has 1 aromatic rings. The maximum absolute atomic E-state index is 11.0. The summed E-state index contributed by atoms with van der Waals surface area (Å²) in [6.45, 7) is -0.0921. The van der Waals surface area contributed by atoms with Crippen molar-refractivity contribution in [1.82, 2.24) is 9.55 Å². The van der Waals surface area contributed by atoms with E-state index in [9.17, 15) is 9.90 Å². The molecule has 6 nitrogen and oxygen atoms in total. The van der Waals surface area contributed by atoms with Gasteiger partial charge in [0, 0.05) is 12.3 Å². The van der Waals surface area contributed by atoms with Gasteiger partial charge in [-0.3, -0.25) is 9.36 Å². The van der Waals surface area contributed by atoms with E-state index in [-0.39, 0.29) is 28.8 Å². The highest BCUT2D eigenvalue weighted by atomic mass is 32.2. The van der Waals surface area contributed by atoms with Gasteiger partial charge in [0.2, 0.25) is 0 Å². The van der Waals surface area contributed by atoms with Gasteiger partial charge in [0.1, 0.15) is 11.5 Å². The third-order valence-corrected chi connectivity index (χ3v) is 4.36. The van der Waals surface area contributed by atoms with Gasteiger partial charge in [-0.05, 0) is 0 Å². The molecule has 4 atom stereocenters. The minimum atomic E-state index is -0.739. The van der Waals surface area contributed by atoms with Crippen molar-refractivity contribution in [3.63, 3.8) is 0 Å². The van der Waals surface area contributed by atoms with Crippen LogP contribution in [0.1, 0.15) is 5.37 Å². The first-order valence-electron chi connectivity index (χ1n) is 4.91. The lowest BCUT2D eigenvalue weighted by atomic mass is 10.1. The van der Waals surface area contributed by atoms with Crippen LogP contribution in [0.3, 0.4) is 0 Å². The van der Waals surface area contributed by atoms with Gasteiger partial charge in [-0.15, -0.1) is 11.8 Å². The van der Waals surface area contributed by atoms with E-state index >= 15 is 0 Å². The first kappa shape index (κ1) is 10.1. The van der Waals surface area contributed by atoms with Gasteiger partial charge < -0.3 is 14.9 Å². The van der Waals surface area contributed by atoms with Crippen molar-refractivity contribution < 1.29 is 14.9 Å². The molecular weight excluding hydrogens is 232 g/mol. The van der Waals surface area contributed by atoms with Crippen LogP contribution in [-0.4, -0.2) is 43.8 Å². The molecule has 1 fully saturated rings. The number of fused-ring (bicyclic) bond motifs is 3. The van der Waals surface area contributed by atoms with Gasteiger partial charge in [0.25, 0.3) is 5.56 Å². The highest BCUT2D eigenvalue weighted by molar-refractivity contribution is 8.00. The average molecular weight is 242 g/mol. The van der Waals surface area contributed by atoms with Gasteiger partial charge in [-0.2, -0.15) is 4.98 Å². The molecule has 1 aromatic heterocycles. The molecule has 2 aliphatic heterocycles. The van der Waals surface area contributed by atoms with Gasteiger partial charge in [0.15, 0.2) is 6.10 Å². The monoisotopic (exact) mass is 242 g/mol. The fraction of sp³-hybridized carbons (Fsp3) is 0.556. The summed E-state index contributed by atoms with van der Waals surface area (Å²) in [5.41, 5.74) is -0.357. The molecule has 3 heterocycles. The maximum Gasteiger partial charge on any atom is 0.301 e. The molecule has 0 amide bonds. The van der Waals surface area contributed by atoms with E-state index in [2.05, 4.69) is 4.98 Å². The van der Waals surface area contributed by atoms with Crippen molar-refractivity contribution in [3.05, 3.63) is 22.6 Å². The van der Waals surface area contributed by atoms with Crippen LogP contribution in [0.15, 0.2) is 17.1 Å². The number of nitrogens with zero attached hydrogens (tertiary/aromatic N) is 2. The lowest BCUT2D eigenvalue weighted by Gasteiger charge is -2.14.